The van der Waals surface area contributed by atoms with Crippen LogP contribution in [-0.4, -0.2) is 23.4 Å². The third-order valence-electron chi connectivity index (χ3n) is 8.48. The summed E-state index contributed by atoms with van der Waals surface area (Å²) in [7, 11) is 0. The van der Waals surface area contributed by atoms with E-state index in [1.165, 1.54) is 40.8 Å². The van der Waals surface area contributed by atoms with E-state index in [0.29, 0.717) is 11.9 Å². The second-order valence-electron chi connectivity index (χ2n) is 10.6. The number of amides is 1. The van der Waals surface area contributed by atoms with Crippen LogP contribution in [0, 0.1) is 17.7 Å². The maximum absolute atomic E-state index is 14.0. The summed E-state index contributed by atoms with van der Waals surface area (Å²) >= 11 is 0. The van der Waals surface area contributed by atoms with Gasteiger partial charge in [0.15, 0.2) is 0 Å². The number of carbonyl (C=O) groups is 1. The van der Waals surface area contributed by atoms with Crippen molar-refractivity contribution in [1.29, 1.82) is 0 Å². The summed E-state index contributed by atoms with van der Waals surface area (Å²) < 4.78 is 13.5. The van der Waals surface area contributed by atoms with Crippen molar-refractivity contribution in [2.45, 2.75) is 57.9 Å². The first-order valence-electron chi connectivity index (χ1n) is 13.4. The molecule has 2 aromatic carbocycles. The predicted octanol–water partition coefficient (Wildman–Crippen LogP) is 6.29. The Morgan fingerprint density at radius 3 is 2.67 bits per heavy atom. The van der Waals surface area contributed by atoms with Gasteiger partial charge in [-0.25, -0.2) is 4.39 Å². The Morgan fingerprint density at radius 1 is 1.06 bits per heavy atom. The molecule has 4 nitrogen and oxygen atoms in total. The minimum absolute atomic E-state index is 0.0223. The molecule has 0 bridgehead atoms. The summed E-state index contributed by atoms with van der Waals surface area (Å²) in [5, 5.41) is 2.02. The minimum atomic E-state index is -0.237. The lowest BCUT2D eigenvalue weighted by atomic mass is 9.79. The fourth-order valence-electron chi connectivity index (χ4n) is 6.62. The number of carbonyl (C=O) groups excluding carboxylic acids is 1. The van der Waals surface area contributed by atoms with E-state index in [0.717, 1.165) is 56.5 Å². The van der Waals surface area contributed by atoms with E-state index in [1.807, 2.05) is 11.2 Å². The summed E-state index contributed by atoms with van der Waals surface area (Å²) in [5.41, 5.74) is 10.6. The zero-order chi connectivity index (χ0) is 24.6. The van der Waals surface area contributed by atoms with Gasteiger partial charge < -0.3 is 10.3 Å². The van der Waals surface area contributed by atoms with Gasteiger partial charge in [0.1, 0.15) is 5.82 Å². The van der Waals surface area contributed by atoms with Gasteiger partial charge in [0.25, 0.3) is 0 Å². The van der Waals surface area contributed by atoms with Gasteiger partial charge in [0.05, 0.1) is 17.3 Å². The molecular weight excluding hydrogens is 449 g/mol. The molecule has 186 valence electrons. The van der Waals surface area contributed by atoms with Crippen LogP contribution < -0.4 is 10.4 Å². The third kappa shape index (κ3) is 4.15. The van der Waals surface area contributed by atoms with Crippen molar-refractivity contribution in [1.82, 2.24) is 10.3 Å². The molecular formula is C31H34FN3O. The predicted molar refractivity (Wildman–Crippen MR) is 141 cm³/mol. The standard InChI is InChI=1S/C31H34FN3O/c1-21-28-20-33-35(26-15-12-24(32)13-16-26)29(28)19-23-11-17-27(30(21)23)31(36)34-18-6-5-9-25(34)14-10-22-7-3-2-4-8-22/h2-4,7-8,12-13,15-16,19-21,25,27,33H,5-6,9-11,14,17-18H2,1H3/t21-,25+,27-/m0/s1. The summed E-state index contributed by atoms with van der Waals surface area (Å²) in [6.07, 6.45) is 11.6. The Morgan fingerprint density at radius 2 is 1.86 bits per heavy atom. The van der Waals surface area contributed by atoms with Crippen LogP contribution in [0.15, 0.2) is 89.3 Å². The van der Waals surface area contributed by atoms with Crippen molar-refractivity contribution < 1.29 is 9.18 Å². The highest BCUT2D eigenvalue weighted by Gasteiger charge is 2.43. The number of nitrogens with one attached hydrogen (secondary N) is 1. The zero-order valence-electron chi connectivity index (χ0n) is 20.9. The SMILES string of the molecule is C[C@H]1C2=CNN(c3ccc(F)cc3)C2=CC2=C1[C@@H](C(=O)N1CCCC[C@@H]1CCc1ccccc1)CC2. The summed E-state index contributed by atoms with van der Waals surface area (Å²) in [5.74, 6) is 0.260. The maximum Gasteiger partial charge on any atom is 0.230 e. The number of halogens is 1. The van der Waals surface area contributed by atoms with Crippen LogP contribution in [0.25, 0.3) is 0 Å². The molecule has 2 aromatic rings. The molecule has 2 heterocycles. The number of hydrogen-bond donors (Lipinski definition) is 1. The zero-order valence-corrected chi connectivity index (χ0v) is 20.9. The van der Waals surface area contributed by atoms with Gasteiger partial charge in [-0.1, -0.05) is 37.3 Å². The number of hydrazine groups is 1. The Balaban J connectivity index is 1.22. The highest BCUT2D eigenvalue weighted by Crippen LogP contribution is 2.48. The van der Waals surface area contributed by atoms with Crippen LogP contribution in [-0.2, 0) is 11.2 Å². The first-order chi connectivity index (χ1) is 17.6. The van der Waals surface area contributed by atoms with Crippen molar-refractivity contribution in [2.75, 3.05) is 11.6 Å². The van der Waals surface area contributed by atoms with Crippen molar-refractivity contribution in [2.24, 2.45) is 11.8 Å². The molecule has 0 saturated carbocycles. The Labute approximate surface area is 213 Å². The number of likely N-dealkylation sites (tertiary alicyclic amines) is 1. The third-order valence-corrected chi connectivity index (χ3v) is 8.48. The first kappa shape index (κ1) is 23.1. The number of anilines is 1. The molecule has 1 amide bonds. The Kier molecular flexibility index (Phi) is 6.16. The molecule has 0 spiro atoms. The number of fused-ring (bicyclic) bond motifs is 1. The van der Waals surface area contributed by atoms with E-state index in [-0.39, 0.29) is 17.7 Å². The second-order valence-corrected chi connectivity index (χ2v) is 10.6. The van der Waals surface area contributed by atoms with Crippen LogP contribution in [0.4, 0.5) is 10.1 Å². The molecule has 5 heteroatoms. The van der Waals surface area contributed by atoms with E-state index in [9.17, 15) is 9.18 Å². The van der Waals surface area contributed by atoms with Crippen LogP contribution in [0.2, 0.25) is 0 Å². The maximum atomic E-state index is 14.0. The lowest BCUT2D eigenvalue weighted by molar-refractivity contribution is -0.138. The van der Waals surface area contributed by atoms with E-state index >= 15 is 0 Å². The molecule has 2 aliphatic carbocycles. The lowest BCUT2D eigenvalue weighted by Gasteiger charge is -2.39. The van der Waals surface area contributed by atoms with Gasteiger partial charge in [-0.2, -0.15) is 0 Å². The van der Waals surface area contributed by atoms with Crippen LogP contribution in [0.3, 0.4) is 0 Å². The minimum Gasteiger partial charge on any atom is -0.339 e. The number of hydrogen-bond acceptors (Lipinski definition) is 3. The van der Waals surface area contributed by atoms with Crippen LogP contribution in [0.5, 0.6) is 0 Å². The molecule has 0 aromatic heterocycles. The fourth-order valence-corrected chi connectivity index (χ4v) is 6.62. The summed E-state index contributed by atoms with van der Waals surface area (Å²) in [6.45, 7) is 3.12. The van der Waals surface area contributed by atoms with E-state index in [1.54, 1.807) is 12.1 Å². The van der Waals surface area contributed by atoms with E-state index < -0.39 is 0 Å². The van der Waals surface area contributed by atoms with Crippen molar-refractivity contribution in [3.63, 3.8) is 0 Å². The van der Waals surface area contributed by atoms with Gasteiger partial charge in [-0.05, 0) is 92.0 Å². The average Bonchev–Trinajstić information content (AvgIpc) is 3.54. The molecule has 3 atom stereocenters. The van der Waals surface area contributed by atoms with E-state index in [4.69, 9.17) is 0 Å². The molecule has 2 aliphatic heterocycles. The van der Waals surface area contributed by atoms with Crippen LogP contribution in [0.1, 0.15) is 51.0 Å². The highest BCUT2D eigenvalue weighted by atomic mass is 19.1. The quantitative estimate of drug-likeness (QED) is 0.543. The topological polar surface area (TPSA) is 35.6 Å². The fraction of sp³-hybridized carbons (Fsp3) is 0.387. The molecule has 0 unspecified atom stereocenters. The largest absolute Gasteiger partial charge is 0.339 e. The Bertz CT molecular complexity index is 1230. The van der Waals surface area contributed by atoms with E-state index in [2.05, 4.69) is 53.7 Å². The number of benzene rings is 2. The average molecular weight is 484 g/mol. The number of allylic oxidation sites excluding steroid dienone is 3. The van der Waals surface area contributed by atoms with Crippen molar-refractivity contribution in [3.8, 4) is 0 Å². The van der Waals surface area contributed by atoms with Crippen molar-refractivity contribution >= 4 is 11.6 Å². The second kappa shape index (κ2) is 9.61. The number of nitrogens with zero attached hydrogens (tertiary/aromatic N) is 2. The highest BCUT2D eigenvalue weighted by molar-refractivity contribution is 5.84. The normalized spacial score (nSPS) is 25.2. The lowest BCUT2D eigenvalue weighted by Crippen LogP contribution is -2.47. The van der Waals surface area contributed by atoms with Gasteiger partial charge in [0, 0.05) is 30.3 Å². The Hall–Kier alpha value is -3.34. The monoisotopic (exact) mass is 483 g/mol. The number of aryl methyl sites for hydroxylation is 1. The number of piperidine rings is 1. The van der Waals surface area contributed by atoms with Crippen LogP contribution >= 0.6 is 0 Å². The van der Waals surface area contributed by atoms with Gasteiger partial charge in [-0.15, -0.1) is 0 Å². The van der Waals surface area contributed by atoms with Gasteiger partial charge in [0.2, 0.25) is 5.91 Å². The first-order valence-corrected chi connectivity index (χ1v) is 13.4. The molecule has 36 heavy (non-hydrogen) atoms. The molecule has 0 radical (unpaired) electrons. The molecule has 4 aliphatic rings. The summed E-state index contributed by atoms with van der Waals surface area (Å²) in [4.78, 5) is 16.2. The van der Waals surface area contributed by atoms with Crippen molar-refractivity contribution in [3.05, 3.63) is 101 Å². The molecule has 1 fully saturated rings. The van der Waals surface area contributed by atoms with Gasteiger partial charge in [-0.3, -0.25) is 9.80 Å². The molecule has 1 N–H and O–H groups in total. The number of rotatable bonds is 5. The molecule has 1 saturated heterocycles. The smallest absolute Gasteiger partial charge is 0.230 e. The summed E-state index contributed by atoms with van der Waals surface area (Å²) in [6, 6.07) is 17.5. The van der Waals surface area contributed by atoms with Gasteiger partial charge >= 0.3 is 0 Å². The molecule has 6 rings (SSSR count).